The zero-order valence-electron chi connectivity index (χ0n) is 25.5. The van der Waals surface area contributed by atoms with Crippen molar-refractivity contribution in [2.75, 3.05) is 56.6 Å². The molecule has 2 fully saturated rings. The number of fused-ring (bicyclic) bond motifs is 2. The van der Waals surface area contributed by atoms with Crippen molar-refractivity contribution in [2.24, 2.45) is 0 Å². The Morgan fingerprint density at radius 1 is 1.14 bits per heavy atom. The van der Waals surface area contributed by atoms with Crippen molar-refractivity contribution in [3.8, 4) is 6.01 Å². The first kappa shape index (κ1) is 28.9. The molecular formula is C34H41N7O2. The molecule has 224 valence electrons. The van der Waals surface area contributed by atoms with E-state index < -0.39 is 0 Å². The Kier molecular flexibility index (Phi) is 8.22. The van der Waals surface area contributed by atoms with Crippen molar-refractivity contribution >= 4 is 28.2 Å². The largest absolute Gasteiger partial charge is 0.458 e. The molecule has 1 aromatic heterocycles. The molecule has 9 nitrogen and oxygen atoms in total. The van der Waals surface area contributed by atoms with Gasteiger partial charge in [0.25, 0.3) is 0 Å². The van der Waals surface area contributed by atoms with Crippen LogP contribution in [0.15, 0.2) is 49.1 Å². The molecule has 3 aliphatic rings. The molecule has 2 aliphatic heterocycles. The maximum Gasteiger partial charge on any atom is 0.319 e. The van der Waals surface area contributed by atoms with Gasteiger partial charge in [0, 0.05) is 48.9 Å². The third-order valence-electron chi connectivity index (χ3n) is 9.33. The summed E-state index contributed by atoms with van der Waals surface area (Å²) in [4.78, 5) is 35.1. The lowest BCUT2D eigenvalue weighted by atomic mass is 9.99. The number of rotatable bonds is 7. The molecule has 1 amide bonds. The molecule has 1 saturated heterocycles. The smallest absolute Gasteiger partial charge is 0.319 e. The fraction of sp³-hybridized carbons (Fsp3) is 0.471. The summed E-state index contributed by atoms with van der Waals surface area (Å²) in [5, 5.41) is 2.52. The van der Waals surface area contributed by atoms with Gasteiger partial charge in [0.15, 0.2) is 0 Å². The monoisotopic (exact) mass is 579 g/mol. The van der Waals surface area contributed by atoms with E-state index in [2.05, 4.69) is 83.5 Å². The molecule has 1 saturated carbocycles. The molecule has 43 heavy (non-hydrogen) atoms. The highest BCUT2D eigenvalue weighted by atomic mass is 16.5. The average Bonchev–Trinajstić information content (AvgIpc) is 3.48. The Balaban J connectivity index is 1.37. The van der Waals surface area contributed by atoms with Gasteiger partial charge in [-0.05, 0) is 69.8 Å². The zero-order valence-corrected chi connectivity index (χ0v) is 25.5. The second-order valence-electron chi connectivity index (χ2n) is 12.2. The van der Waals surface area contributed by atoms with Crippen LogP contribution >= 0.6 is 0 Å². The van der Waals surface area contributed by atoms with Crippen LogP contribution < -0.4 is 14.5 Å². The number of anilines is 2. The van der Waals surface area contributed by atoms with Gasteiger partial charge in [-0.3, -0.25) is 4.79 Å². The molecule has 0 radical (unpaired) electrons. The highest BCUT2D eigenvalue weighted by Gasteiger charge is 2.36. The van der Waals surface area contributed by atoms with Gasteiger partial charge < -0.3 is 29.2 Å². The minimum atomic E-state index is -0.224. The lowest BCUT2D eigenvalue weighted by Gasteiger charge is -2.41. The predicted molar refractivity (Wildman–Crippen MR) is 171 cm³/mol. The first-order chi connectivity index (χ1) is 20.9. The van der Waals surface area contributed by atoms with E-state index in [0.717, 1.165) is 49.3 Å². The third-order valence-corrected chi connectivity index (χ3v) is 9.33. The van der Waals surface area contributed by atoms with E-state index in [9.17, 15) is 4.79 Å². The summed E-state index contributed by atoms with van der Waals surface area (Å²) in [5.41, 5.74) is 4.62. The number of hydrogen-bond acceptors (Lipinski definition) is 7. The molecule has 0 spiro atoms. The number of piperazine rings is 1. The van der Waals surface area contributed by atoms with Gasteiger partial charge in [0.05, 0.1) is 12.2 Å². The Hall–Kier alpha value is -4.16. The van der Waals surface area contributed by atoms with E-state index in [1.807, 2.05) is 0 Å². The number of aromatic nitrogens is 2. The van der Waals surface area contributed by atoms with Crippen molar-refractivity contribution in [1.29, 1.82) is 0 Å². The second-order valence-corrected chi connectivity index (χ2v) is 12.2. The van der Waals surface area contributed by atoms with Crippen molar-refractivity contribution in [2.45, 2.75) is 57.3 Å². The lowest BCUT2D eigenvalue weighted by Crippen LogP contribution is -2.56. The number of amides is 1. The third kappa shape index (κ3) is 5.64. The fourth-order valence-corrected chi connectivity index (χ4v) is 7.16. The molecule has 6 rings (SSSR count). The van der Waals surface area contributed by atoms with Gasteiger partial charge in [-0.15, -0.1) is 0 Å². The number of aryl methyl sites for hydroxylation is 1. The summed E-state index contributed by atoms with van der Waals surface area (Å²) in [6.07, 6.45) is 5.39. The average molecular weight is 580 g/mol. The van der Waals surface area contributed by atoms with E-state index in [0.29, 0.717) is 38.2 Å². The Labute approximate surface area is 254 Å². The van der Waals surface area contributed by atoms with Gasteiger partial charge in [-0.1, -0.05) is 36.9 Å². The minimum absolute atomic E-state index is 0.0400. The zero-order chi connectivity index (χ0) is 30.1. The van der Waals surface area contributed by atoms with Crippen LogP contribution in [0, 0.1) is 13.5 Å². The molecule has 0 N–H and O–H groups in total. The summed E-state index contributed by atoms with van der Waals surface area (Å²) >= 11 is 0. The standard InChI is InChI=1S/C34H41N7O2/c1-6-31(42)41-19-18-40(21-25(41)20-35-3)33-26-16-17-39(29-14-8-12-24-11-7-10-23(2)32(24)29)22-27(26)36-34(37-33)43-30-15-9-13-28(30)38(4)5/h6-8,10-12,14,25,28,30H,1,9,13,15-22H2,2,4-5H3/t25-,28+,30-/m0/s1. The Morgan fingerprint density at radius 3 is 2.72 bits per heavy atom. The van der Waals surface area contributed by atoms with E-state index >= 15 is 0 Å². The SMILES string of the molecule is [C-]#[N+]C[C@H]1CN(c2nc(O[C@H]3CCC[C@H]3N(C)C)nc3c2CCN(c2cccc4cccc(C)c24)C3)CCN1C(=O)C=C. The topological polar surface area (TPSA) is 69.4 Å². The highest BCUT2D eigenvalue weighted by Crippen LogP contribution is 2.36. The number of nitrogens with zero attached hydrogens (tertiary/aromatic N) is 7. The number of carbonyl (C=O) groups excluding carboxylic acids is 1. The van der Waals surface area contributed by atoms with E-state index in [1.165, 1.54) is 28.1 Å². The van der Waals surface area contributed by atoms with Crippen LogP contribution in [0.1, 0.15) is 36.1 Å². The molecule has 3 aromatic rings. The van der Waals surface area contributed by atoms with Crippen LogP contribution in [0.25, 0.3) is 15.6 Å². The van der Waals surface area contributed by atoms with Crippen LogP contribution in [-0.2, 0) is 17.8 Å². The number of ether oxygens (including phenoxy) is 1. The van der Waals surface area contributed by atoms with Gasteiger partial charge in [-0.2, -0.15) is 9.97 Å². The van der Waals surface area contributed by atoms with Crippen LogP contribution in [0.4, 0.5) is 11.5 Å². The normalized spacial score (nSPS) is 22.0. The Morgan fingerprint density at radius 2 is 1.95 bits per heavy atom. The first-order valence-corrected chi connectivity index (χ1v) is 15.3. The molecule has 9 heteroatoms. The van der Waals surface area contributed by atoms with E-state index in [1.54, 1.807) is 4.90 Å². The minimum Gasteiger partial charge on any atom is -0.458 e. The second kappa shape index (κ2) is 12.2. The molecular weight excluding hydrogens is 538 g/mol. The van der Waals surface area contributed by atoms with Crippen molar-refractivity contribution < 1.29 is 9.53 Å². The van der Waals surface area contributed by atoms with Crippen LogP contribution in [0.2, 0.25) is 0 Å². The van der Waals surface area contributed by atoms with Gasteiger partial charge >= 0.3 is 6.01 Å². The van der Waals surface area contributed by atoms with Gasteiger partial charge in [-0.25, -0.2) is 6.57 Å². The maximum absolute atomic E-state index is 12.6. The highest BCUT2D eigenvalue weighted by molar-refractivity contribution is 5.97. The van der Waals surface area contributed by atoms with Crippen molar-refractivity contribution in [1.82, 2.24) is 19.8 Å². The molecule has 2 aromatic carbocycles. The van der Waals surface area contributed by atoms with E-state index in [4.69, 9.17) is 21.3 Å². The molecule has 3 atom stereocenters. The molecule has 0 bridgehead atoms. The quantitative estimate of drug-likeness (QED) is 0.302. The van der Waals surface area contributed by atoms with Crippen LogP contribution in [-0.4, -0.2) is 90.7 Å². The van der Waals surface area contributed by atoms with Crippen molar-refractivity contribution in [3.05, 3.63) is 77.3 Å². The number of benzene rings is 2. The molecule has 1 aliphatic carbocycles. The fourth-order valence-electron chi connectivity index (χ4n) is 7.16. The summed E-state index contributed by atoms with van der Waals surface area (Å²) in [5.74, 6) is 0.757. The summed E-state index contributed by atoms with van der Waals surface area (Å²) in [6, 6.07) is 13.5. The number of likely N-dealkylation sites (N-methyl/N-ethyl adjacent to an activating group) is 1. The van der Waals surface area contributed by atoms with Gasteiger partial charge in [0.1, 0.15) is 18.0 Å². The number of hydrogen-bond donors (Lipinski definition) is 0. The van der Waals surface area contributed by atoms with Crippen LogP contribution in [0.3, 0.4) is 0 Å². The summed E-state index contributed by atoms with van der Waals surface area (Å²) in [7, 11) is 4.22. The van der Waals surface area contributed by atoms with E-state index in [-0.39, 0.29) is 24.6 Å². The molecule has 3 heterocycles. The van der Waals surface area contributed by atoms with Gasteiger partial charge in [0.2, 0.25) is 12.5 Å². The predicted octanol–water partition coefficient (Wildman–Crippen LogP) is 4.48. The lowest BCUT2D eigenvalue weighted by molar-refractivity contribution is -0.128. The summed E-state index contributed by atoms with van der Waals surface area (Å²) < 4.78 is 6.59. The first-order valence-electron chi connectivity index (χ1n) is 15.3. The Bertz CT molecular complexity index is 1560. The van der Waals surface area contributed by atoms with Crippen molar-refractivity contribution in [3.63, 3.8) is 0 Å². The maximum atomic E-state index is 12.6. The number of carbonyl (C=O) groups is 1. The summed E-state index contributed by atoms with van der Waals surface area (Å²) in [6.45, 7) is 16.8. The molecule has 0 unspecified atom stereocenters. The van der Waals surface area contributed by atoms with Crippen LogP contribution in [0.5, 0.6) is 6.01 Å².